The highest BCUT2D eigenvalue weighted by molar-refractivity contribution is 7.12. The van der Waals surface area contributed by atoms with Gasteiger partial charge in [-0.3, -0.25) is 4.79 Å². The zero-order valence-electron chi connectivity index (χ0n) is 12.6. The molecule has 4 nitrogen and oxygen atoms in total. The molecule has 1 amide bonds. The van der Waals surface area contributed by atoms with Crippen LogP contribution in [0.15, 0.2) is 35.7 Å². The second-order valence-electron chi connectivity index (χ2n) is 4.79. The average molecular weight is 340 g/mol. The maximum atomic E-state index is 12.3. The minimum atomic E-state index is -0.320. The van der Waals surface area contributed by atoms with E-state index in [-0.39, 0.29) is 18.1 Å². The van der Waals surface area contributed by atoms with Crippen molar-refractivity contribution in [2.45, 2.75) is 19.1 Å². The van der Waals surface area contributed by atoms with Gasteiger partial charge in [0.05, 0.1) is 18.0 Å². The summed E-state index contributed by atoms with van der Waals surface area (Å²) in [4.78, 5) is 12.9. The Labute approximate surface area is 139 Å². The number of ether oxygens (including phenoxy) is 2. The Morgan fingerprint density at radius 2 is 2.05 bits per heavy atom. The summed E-state index contributed by atoms with van der Waals surface area (Å²) in [5, 5.41) is 5.35. The molecular formula is C16H18ClNO3S. The molecule has 1 aromatic heterocycles. The van der Waals surface area contributed by atoms with E-state index in [9.17, 15) is 4.79 Å². The fourth-order valence-corrected chi connectivity index (χ4v) is 3.21. The molecule has 0 aliphatic rings. The molecule has 1 heterocycles. The third-order valence-electron chi connectivity index (χ3n) is 3.31. The van der Waals surface area contributed by atoms with E-state index in [0.29, 0.717) is 15.6 Å². The molecule has 0 aliphatic carbocycles. The molecule has 0 unspecified atom stereocenters. The largest absolute Gasteiger partial charge is 0.496 e. The molecular weight excluding hydrogens is 322 g/mol. The number of carbonyl (C=O) groups excluding carboxylic acids is 1. The molecule has 2 aromatic rings. The third kappa shape index (κ3) is 3.80. The first kappa shape index (κ1) is 16.8. The summed E-state index contributed by atoms with van der Waals surface area (Å²) in [6.07, 6.45) is -0.320. The molecule has 0 saturated heterocycles. The van der Waals surface area contributed by atoms with E-state index in [1.54, 1.807) is 25.7 Å². The Bertz CT molecular complexity index is 644. The number of methoxy groups -OCH3 is 2. The number of hydrogen-bond donors (Lipinski definition) is 1. The highest BCUT2D eigenvalue weighted by atomic mass is 35.5. The zero-order chi connectivity index (χ0) is 16.1. The molecule has 0 radical (unpaired) electrons. The normalized spacial score (nSPS) is 13.5. The first-order chi connectivity index (χ1) is 10.6. The number of halogens is 1. The summed E-state index contributed by atoms with van der Waals surface area (Å²) in [5.74, 6) is 0.520. The predicted molar refractivity (Wildman–Crippen MR) is 89.0 cm³/mol. The van der Waals surface area contributed by atoms with Crippen molar-refractivity contribution in [1.82, 2.24) is 5.32 Å². The quantitative estimate of drug-likeness (QED) is 0.867. The maximum absolute atomic E-state index is 12.3. The Balaban J connectivity index is 2.10. The lowest BCUT2D eigenvalue weighted by Gasteiger charge is -2.24. The van der Waals surface area contributed by atoms with Gasteiger partial charge in [-0.05, 0) is 13.0 Å². The zero-order valence-corrected chi connectivity index (χ0v) is 14.2. The van der Waals surface area contributed by atoms with Crippen LogP contribution < -0.4 is 10.1 Å². The average Bonchev–Trinajstić information content (AvgIpc) is 2.99. The number of nitrogens with one attached hydrogen (secondary N) is 1. The smallest absolute Gasteiger partial charge is 0.261 e. The number of rotatable bonds is 6. The molecule has 118 valence electrons. The van der Waals surface area contributed by atoms with Gasteiger partial charge >= 0.3 is 0 Å². The Morgan fingerprint density at radius 3 is 2.64 bits per heavy atom. The van der Waals surface area contributed by atoms with Crippen LogP contribution in [-0.2, 0) is 4.74 Å². The maximum Gasteiger partial charge on any atom is 0.261 e. The summed E-state index contributed by atoms with van der Waals surface area (Å²) in [6.45, 7) is 1.89. The molecule has 0 spiro atoms. The fourth-order valence-electron chi connectivity index (χ4n) is 2.20. The molecule has 0 fully saturated rings. The molecule has 0 aliphatic heterocycles. The summed E-state index contributed by atoms with van der Waals surface area (Å²) in [6, 6.07) is 8.94. The van der Waals surface area contributed by atoms with E-state index >= 15 is 0 Å². The molecule has 22 heavy (non-hydrogen) atoms. The molecule has 2 rings (SSSR count). The van der Waals surface area contributed by atoms with Gasteiger partial charge in [-0.1, -0.05) is 29.8 Å². The topological polar surface area (TPSA) is 47.6 Å². The van der Waals surface area contributed by atoms with Gasteiger partial charge in [0.2, 0.25) is 0 Å². The summed E-state index contributed by atoms with van der Waals surface area (Å²) in [7, 11) is 3.18. The molecule has 2 atom stereocenters. The van der Waals surface area contributed by atoms with Crippen LogP contribution in [0.2, 0.25) is 5.02 Å². The van der Waals surface area contributed by atoms with Crippen molar-refractivity contribution in [1.29, 1.82) is 0 Å². The van der Waals surface area contributed by atoms with Gasteiger partial charge in [0, 0.05) is 29.1 Å². The van der Waals surface area contributed by atoms with Gasteiger partial charge in [-0.25, -0.2) is 0 Å². The van der Waals surface area contributed by atoms with E-state index in [1.165, 1.54) is 11.3 Å². The van der Waals surface area contributed by atoms with Gasteiger partial charge in [-0.15, -0.1) is 11.3 Å². The van der Waals surface area contributed by atoms with Crippen LogP contribution in [0.25, 0.3) is 0 Å². The SMILES string of the molecule is COc1csc(C(=O)N[C@@H](C)[C@@H](OC)c2ccccc2Cl)c1. The van der Waals surface area contributed by atoms with Gasteiger partial charge in [0.25, 0.3) is 5.91 Å². The van der Waals surface area contributed by atoms with Gasteiger partial charge in [0.15, 0.2) is 0 Å². The number of thiophene rings is 1. The van der Waals surface area contributed by atoms with Crippen molar-refractivity contribution in [2.24, 2.45) is 0 Å². The van der Waals surface area contributed by atoms with Crippen molar-refractivity contribution in [3.05, 3.63) is 51.2 Å². The third-order valence-corrected chi connectivity index (χ3v) is 4.57. The van der Waals surface area contributed by atoms with E-state index in [1.807, 2.05) is 31.2 Å². The predicted octanol–water partition coefficient (Wildman–Crippen LogP) is 3.92. The van der Waals surface area contributed by atoms with Gasteiger partial charge in [-0.2, -0.15) is 0 Å². The van der Waals surface area contributed by atoms with Gasteiger partial charge < -0.3 is 14.8 Å². The van der Waals surface area contributed by atoms with Crippen LogP contribution in [0.1, 0.15) is 28.3 Å². The lowest BCUT2D eigenvalue weighted by molar-refractivity contribution is 0.0647. The van der Waals surface area contributed by atoms with Crippen LogP contribution in [0.3, 0.4) is 0 Å². The number of carbonyl (C=O) groups is 1. The van der Waals surface area contributed by atoms with Crippen LogP contribution in [0, 0.1) is 0 Å². The Kier molecular flexibility index (Phi) is 5.83. The van der Waals surface area contributed by atoms with Crippen LogP contribution in [0.5, 0.6) is 5.75 Å². The van der Waals surface area contributed by atoms with Crippen LogP contribution in [0.4, 0.5) is 0 Å². The monoisotopic (exact) mass is 339 g/mol. The van der Waals surface area contributed by atoms with E-state index in [4.69, 9.17) is 21.1 Å². The van der Waals surface area contributed by atoms with Crippen LogP contribution in [-0.4, -0.2) is 26.2 Å². The molecule has 0 saturated carbocycles. The molecule has 6 heteroatoms. The van der Waals surface area contributed by atoms with Crippen molar-refractivity contribution >= 4 is 28.8 Å². The molecule has 1 N–H and O–H groups in total. The van der Waals surface area contributed by atoms with Gasteiger partial charge in [0.1, 0.15) is 11.9 Å². The molecule has 1 aromatic carbocycles. The van der Waals surface area contributed by atoms with E-state index in [2.05, 4.69) is 5.32 Å². The lowest BCUT2D eigenvalue weighted by Crippen LogP contribution is -2.37. The first-order valence-corrected chi connectivity index (χ1v) is 8.03. The first-order valence-electron chi connectivity index (χ1n) is 6.77. The van der Waals surface area contributed by atoms with Crippen molar-refractivity contribution in [3.8, 4) is 5.75 Å². The fraction of sp³-hybridized carbons (Fsp3) is 0.312. The van der Waals surface area contributed by atoms with E-state index in [0.717, 1.165) is 5.56 Å². The van der Waals surface area contributed by atoms with Crippen molar-refractivity contribution < 1.29 is 14.3 Å². The Hall–Kier alpha value is -1.56. The number of benzene rings is 1. The minimum absolute atomic E-state index is 0.157. The lowest BCUT2D eigenvalue weighted by atomic mass is 10.0. The van der Waals surface area contributed by atoms with Crippen LogP contribution >= 0.6 is 22.9 Å². The Morgan fingerprint density at radius 1 is 1.32 bits per heavy atom. The highest BCUT2D eigenvalue weighted by Gasteiger charge is 2.23. The standard InChI is InChI=1S/C16H18ClNO3S/c1-10(15(21-3)12-6-4-5-7-13(12)17)18-16(19)14-8-11(20-2)9-22-14/h4-10,15H,1-3H3,(H,18,19)/t10-,15+/m0/s1. The van der Waals surface area contributed by atoms with Crippen molar-refractivity contribution in [2.75, 3.05) is 14.2 Å². The second kappa shape index (κ2) is 7.63. The number of hydrogen-bond acceptors (Lipinski definition) is 4. The summed E-state index contributed by atoms with van der Waals surface area (Å²) in [5.41, 5.74) is 0.850. The number of amides is 1. The summed E-state index contributed by atoms with van der Waals surface area (Å²) >= 11 is 7.55. The minimum Gasteiger partial charge on any atom is -0.496 e. The molecule has 0 bridgehead atoms. The highest BCUT2D eigenvalue weighted by Crippen LogP contribution is 2.28. The summed E-state index contributed by atoms with van der Waals surface area (Å²) < 4.78 is 10.6. The second-order valence-corrected chi connectivity index (χ2v) is 6.11. The van der Waals surface area contributed by atoms with E-state index < -0.39 is 0 Å². The van der Waals surface area contributed by atoms with Crippen molar-refractivity contribution in [3.63, 3.8) is 0 Å².